The van der Waals surface area contributed by atoms with Gasteiger partial charge in [-0.1, -0.05) is 42.8 Å². The second kappa shape index (κ2) is 6.63. The minimum Gasteiger partial charge on any atom is -0.481 e. The predicted octanol–water partition coefficient (Wildman–Crippen LogP) is 4.26. The van der Waals surface area contributed by atoms with Crippen LogP contribution < -0.4 is 0 Å². The lowest BCUT2D eigenvalue weighted by Gasteiger charge is -2.38. The molecule has 1 aliphatic carbocycles. The molecule has 0 saturated heterocycles. The van der Waals surface area contributed by atoms with Gasteiger partial charge in [-0.3, -0.25) is 9.59 Å². The molecule has 24 heavy (non-hydrogen) atoms. The van der Waals surface area contributed by atoms with Gasteiger partial charge in [-0.2, -0.15) is 0 Å². The monoisotopic (exact) mass is 326 g/mol. The van der Waals surface area contributed by atoms with Crippen molar-refractivity contribution in [1.29, 1.82) is 0 Å². The molecule has 1 unspecified atom stereocenters. The van der Waals surface area contributed by atoms with Crippen LogP contribution in [0.25, 0.3) is 10.8 Å². The highest BCUT2D eigenvalue weighted by Gasteiger charge is 2.40. The molecular formula is C20H22O4. The lowest BCUT2D eigenvalue weighted by molar-refractivity contribution is -0.174. The van der Waals surface area contributed by atoms with Crippen LogP contribution in [-0.2, 0) is 19.9 Å². The van der Waals surface area contributed by atoms with E-state index in [1.165, 1.54) is 6.92 Å². The van der Waals surface area contributed by atoms with Gasteiger partial charge in [-0.25, -0.2) is 0 Å². The van der Waals surface area contributed by atoms with Crippen LogP contribution in [0.3, 0.4) is 0 Å². The van der Waals surface area contributed by atoms with E-state index in [1.54, 1.807) is 0 Å². The molecule has 1 N–H and O–H groups in total. The van der Waals surface area contributed by atoms with E-state index in [9.17, 15) is 9.59 Å². The average Bonchev–Trinajstić information content (AvgIpc) is 2.61. The maximum Gasteiger partial charge on any atom is 0.320 e. The fourth-order valence-electron chi connectivity index (χ4n) is 3.43. The fraction of sp³-hybridized carbons (Fsp3) is 0.400. The van der Waals surface area contributed by atoms with Crippen LogP contribution in [-0.4, -0.2) is 17.0 Å². The summed E-state index contributed by atoms with van der Waals surface area (Å²) in [5, 5.41) is 11.3. The van der Waals surface area contributed by atoms with Gasteiger partial charge in [0.15, 0.2) is 5.92 Å². The summed E-state index contributed by atoms with van der Waals surface area (Å²) < 4.78 is 5.82. The van der Waals surface area contributed by atoms with Gasteiger partial charge in [0.05, 0.1) is 0 Å². The molecule has 0 aliphatic heterocycles. The van der Waals surface area contributed by atoms with E-state index in [4.69, 9.17) is 9.84 Å². The topological polar surface area (TPSA) is 63.6 Å². The van der Waals surface area contributed by atoms with Crippen LogP contribution in [0.2, 0.25) is 0 Å². The second-order valence-electron chi connectivity index (χ2n) is 6.60. The molecular weight excluding hydrogens is 304 g/mol. The van der Waals surface area contributed by atoms with Crippen molar-refractivity contribution in [3.05, 3.63) is 48.0 Å². The smallest absolute Gasteiger partial charge is 0.320 e. The van der Waals surface area contributed by atoms with E-state index in [0.29, 0.717) is 0 Å². The Hall–Kier alpha value is -2.36. The van der Waals surface area contributed by atoms with Crippen molar-refractivity contribution < 1.29 is 19.4 Å². The Labute approximate surface area is 141 Å². The van der Waals surface area contributed by atoms with E-state index in [-0.39, 0.29) is 0 Å². The summed E-state index contributed by atoms with van der Waals surface area (Å²) in [4.78, 5) is 23.4. The normalized spacial score (nSPS) is 18.0. The Kier molecular flexibility index (Phi) is 4.56. The van der Waals surface area contributed by atoms with E-state index < -0.39 is 23.5 Å². The molecule has 0 heterocycles. The zero-order valence-electron chi connectivity index (χ0n) is 13.8. The molecule has 0 bridgehead atoms. The molecule has 0 spiro atoms. The number of benzene rings is 2. The standard InChI is InChI=1S/C20H22O4/c1-14(18(21)22)19(23)24-20(11-5-2-6-12-20)17-10-9-15-7-3-4-8-16(15)13-17/h3-4,7-10,13-14H,2,5-6,11-12H2,1H3,(H,21,22). The van der Waals surface area contributed by atoms with Crippen LogP contribution in [0.1, 0.15) is 44.6 Å². The summed E-state index contributed by atoms with van der Waals surface area (Å²) in [6.07, 6.45) is 4.54. The molecule has 1 aliphatic rings. The van der Waals surface area contributed by atoms with Gasteiger partial charge in [-0.15, -0.1) is 0 Å². The number of esters is 1. The van der Waals surface area contributed by atoms with Crippen molar-refractivity contribution in [1.82, 2.24) is 0 Å². The van der Waals surface area contributed by atoms with Crippen molar-refractivity contribution in [2.24, 2.45) is 5.92 Å². The first kappa shape index (κ1) is 16.5. The molecule has 3 rings (SSSR count). The fourth-order valence-corrected chi connectivity index (χ4v) is 3.43. The van der Waals surface area contributed by atoms with Gasteiger partial charge in [0.25, 0.3) is 0 Å². The van der Waals surface area contributed by atoms with E-state index in [2.05, 4.69) is 6.07 Å². The zero-order chi connectivity index (χ0) is 17.2. The number of hydrogen-bond donors (Lipinski definition) is 1. The lowest BCUT2D eigenvalue weighted by Crippen LogP contribution is -2.37. The number of carbonyl (C=O) groups is 2. The van der Waals surface area contributed by atoms with Crippen LogP contribution >= 0.6 is 0 Å². The van der Waals surface area contributed by atoms with Crippen molar-refractivity contribution in [2.75, 3.05) is 0 Å². The highest BCUT2D eigenvalue weighted by atomic mass is 16.6. The van der Waals surface area contributed by atoms with Crippen molar-refractivity contribution in [3.63, 3.8) is 0 Å². The Balaban J connectivity index is 1.98. The lowest BCUT2D eigenvalue weighted by atomic mass is 9.78. The molecule has 0 amide bonds. The number of ether oxygens (including phenoxy) is 1. The first-order valence-corrected chi connectivity index (χ1v) is 8.47. The van der Waals surface area contributed by atoms with Crippen LogP contribution in [0, 0.1) is 5.92 Å². The molecule has 1 atom stereocenters. The van der Waals surface area contributed by atoms with Gasteiger partial charge in [0, 0.05) is 0 Å². The summed E-state index contributed by atoms with van der Waals surface area (Å²) in [6, 6.07) is 14.2. The van der Waals surface area contributed by atoms with Crippen LogP contribution in [0.4, 0.5) is 0 Å². The first-order chi connectivity index (χ1) is 11.5. The molecule has 126 valence electrons. The zero-order valence-corrected chi connectivity index (χ0v) is 13.8. The van der Waals surface area contributed by atoms with Crippen molar-refractivity contribution >= 4 is 22.7 Å². The van der Waals surface area contributed by atoms with Crippen LogP contribution in [0.15, 0.2) is 42.5 Å². The van der Waals surface area contributed by atoms with Gasteiger partial charge in [-0.05, 0) is 55.0 Å². The van der Waals surface area contributed by atoms with Gasteiger partial charge >= 0.3 is 11.9 Å². The van der Waals surface area contributed by atoms with Crippen LogP contribution in [0.5, 0.6) is 0 Å². The number of carboxylic acid groups (broad SMARTS) is 1. The largest absolute Gasteiger partial charge is 0.481 e. The number of carboxylic acids is 1. The Bertz CT molecular complexity index is 759. The minimum atomic E-state index is -1.15. The summed E-state index contributed by atoms with van der Waals surface area (Å²) in [7, 11) is 0. The Morgan fingerprint density at radius 2 is 1.71 bits per heavy atom. The highest BCUT2D eigenvalue weighted by Crippen LogP contribution is 2.42. The van der Waals surface area contributed by atoms with E-state index in [0.717, 1.165) is 48.4 Å². The van der Waals surface area contributed by atoms with Gasteiger partial charge in [0.1, 0.15) is 5.60 Å². The van der Waals surface area contributed by atoms with Gasteiger partial charge < -0.3 is 9.84 Å². The minimum absolute atomic E-state index is 0.655. The van der Waals surface area contributed by atoms with E-state index >= 15 is 0 Å². The third-order valence-corrected chi connectivity index (χ3v) is 4.96. The molecule has 4 nitrogen and oxygen atoms in total. The molecule has 2 aromatic rings. The second-order valence-corrected chi connectivity index (χ2v) is 6.60. The SMILES string of the molecule is CC(C(=O)O)C(=O)OC1(c2ccc3ccccc3c2)CCCCC1. The average molecular weight is 326 g/mol. The number of rotatable bonds is 4. The van der Waals surface area contributed by atoms with Crippen molar-refractivity contribution in [2.45, 2.75) is 44.6 Å². The third kappa shape index (κ3) is 3.14. The first-order valence-electron chi connectivity index (χ1n) is 8.47. The maximum absolute atomic E-state index is 12.3. The summed E-state index contributed by atoms with van der Waals surface area (Å²) >= 11 is 0. The maximum atomic E-state index is 12.3. The van der Waals surface area contributed by atoms with Gasteiger partial charge in [0.2, 0.25) is 0 Å². The molecule has 4 heteroatoms. The highest BCUT2D eigenvalue weighted by molar-refractivity contribution is 5.93. The Morgan fingerprint density at radius 3 is 2.38 bits per heavy atom. The van der Waals surface area contributed by atoms with E-state index in [1.807, 2.05) is 36.4 Å². The summed E-state index contributed by atoms with van der Waals surface area (Å²) in [6.45, 7) is 1.38. The summed E-state index contributed by atoms with van der Waals surface area (Å²) in [5.74, 6) is -2.95. The number of fused-ring (bicyclic) bond motifs is 1. The quantitative estimate of drug-likeness (QED) is 0.673. The molecule has 1 saturated carbocycles. The van der Waals surface area contributed by atoms with Crippen molar-refractivity contribution in [3.8, 4) is 0 Å². The summed E-state index contributed by atoms with van der Waals surface area (Å²) in [5.41, 5.74) is 0.259. The molecule has 2 aromatic carbocycles. The molecule has 0 aromatic heterocycles. The number of hydrogen-bond acceptors (Lipinski definition) is 3. The predicted molar refractivity (Wildman–Crippen MR) is 91.6 cm³/mol. The third-order valence-electron chi connectivity index (χ3n) is 4.96. The molecule has 1 fully saturated rings. The number of carbonyl (C=O) groups excluding carboxylic acids is 1. The molecule has 0 radical (unpaired) electrons. The Morgan fingerprint density at radius 1 is 1.04 bits per heavy atom. The number of aliphatic carboxylic acids is 1.